The Bertz CT molecular complexity index is 685. The summed E-state index contributed by atoms with van der Waals surface area (Å²) in [6, 6.07) is 0.457. The van der Waals surface area contributed by atoms with E-state index in [1.54, 1.807) is 0 Å². The SMILES string of the molecule is O=C1C[C@H](c2nc(C34CC5CC(CC(C5)C3)C4)no2)CN1C1CCCC1. The fourth-order valence-electron chi connectivity index (χ4n) is 7.47. The van der Waals surface area contributed by atoms with Crippen LogP contribution in [0, 0.1) is 17.8 Å². The maximum Gasteiger partial charge on any atom is 0.232 e. The molecule has 26 heavy (non-hydrogen) atoms. The van der Waals surface area contributed by atoms with Crippen molar-refractivity contribution < 1.29 is 9.32 Å². The Balaban J connectivity index is 1.23. The number of aromatic nitrogens is 2. The maximum absolute atomic E-state index is 12.5. The molecule has 5 nitrogen and oxygen atoms in total. The van der Waals surface area contributed by atoms with Crippen molar-refractivity contribution in [2.45, 2.75) is 88.0 Å². The van der Waals surface area contributed by atoms with Crippen molar-refractivity contribution in [2.75, 3.05) is 6.54 Å². The highest BCUT2D eigenvalue weighted by Crippen LogP contribution is 2.60. The summed E-state index contributed by atoms with van der Waals surface area (Å²) >= 11 is 0. The molecule has 1 atom stereocenters. The van der Waals surface area contributed by atoms with Gasteiger partial charge in [0.15, 0.2) is 5.82 Å². The van der Waals surface area contributed by atoms with Crippen LogP contribution in [-0.2, 0) is 10.2 Å². The molecule has 0 spiro atoms. The predicted molar refractivity (Wildman–Crippen MR) is 95.5 cm³/mol. The summed E-state index contributed by atoms with van der Waals surface area (Å²) in [5.41, 5.74) is 0.185. The number of carbonyl (C=O) groups excluding carboxylic acids is 1. The molecular formula is C21H29N3O2. The minimum atomic E-state index is 0.110. The summed E-state index contributed by atoms with van der Waals surface area (Å²) in [6.45, 7) is 0.784. The largest absolute Gasteiger partial charge is 0.339 e. The van der Waals surface area contributed by atoms with Gasteiger partial charge in [-0.1, -0.05) is 18.0 Å². The van der Waals surface area contributed by atoms with Crippen molar-refractivity contribution in [1.29, 1.82) is 0 Å². The van der Waals surface area contributed by atoms with Gasteiger partial charge in [-0.05, 0) is 69.1 Å². The molecule has 0 unspecified atom stereocenters. The fourth-order valence-corrected chi connectivity index (χ4v) is 7.47. The van der Waals surface area contributed by atoms with Gasteiger partial charge in [-0.15, -0.1) is 0 Å². The number of rotatable bonds is 3. The van der Waals surface area contributed by atoms with E-state index in [4.69, 9.17) is 9.51 Å². The van der Waals surface area contributed by atoms with E-state index in [1.807, 2.05) is 0 Å². The van der Waals surface area contributed by atoms with Crippen molar-refractivity contribution in [3.63, 3.8) is 0 Å². The van der Waals surface area contributed by atoms with Crippen LogP contribution in [0.15, 0.2) is 4.52 Å². The first-order valence-corrected chi connectivity index (χ1v) is 10.8. The van der Waals surface area contributed by atoms with Gasteiger partial charge in [-0.3, -0.25) is 4.79 Å². The van der Waals surface area contributed by atoms with Gasteiger partial charge < -0.3 is 9.42 Å². The highest BCUT2D eigenvalue weighted by atomic mass is 16.5. The number of nitrogens with zero attached hydrogens (tertiary/aromatic N) is 3. The zero-order valence-electron chi connectivity index (χ0n) is 15.5. The van der Waals surface area contributed by atoms with E-state index in [0.717, 1.165) is 36.0 Å². The monoisotopic (exact) mass is 355 g/mol. The molecule has 0 aromatic carbocycles. The smallest absolute Gasteiger partial charge is 0.232 e. The van der Waals surface area contributed by atoms with Crippen molar-refractivity contribution >= 4 is 5.91 Å². The summed E-state index contributed by atoms with van der Waals surface area (Å²) in [5, 5.41) is 4.48. The molecule has 5 aliphatic carbocycles. The molecule has 0 radical (unpaired) electrons. The van der Waals surface area contributed by atoms with E-state index in [0.29, 0.717) is 12.5 Å². The lowest BCUT2D eigenvalue weighted by atomic mass is 9.49. The zero-order valence-corrected chi connectivity index (χ0v) is 15.5. The van der Waals surface area contributed by atoms with Gasteiger partial charge in [0.2, 0.25) is 11.8 Å². The van der Waals surface area contributed by atoms with Gasteiger partial charge in [-0.2, -0.15) is 4.98 Å². The molecule has 7 rings (SSSR count). The average molecular weight is 355 g/mol. The van der Waals surface area contributed by atoms with Crippen molar-refractivity contribution in [2.24, 2.45) is 17.8 Å². The molecule has 1 amide bonds. The Labute approximate surface area is 154 Å². The average Bonchev–Trinajstić information content (AvgIpc) is 3.34. The van der Waals surface area contributed by atoms with Crippen molar-refractivity contribution in [3.05, 3.63) is 11.7 Å². The quantitative estimate of drug-likeness (QED) is 0.827. The minimum Gasteiger partial charge on any atom is -0.339 e. The molecule has 6 fully saturated rings. The van der Waals surface area contributed by atoms with Crippen LogP contribution in [-0.4, -0.2) is 33.5 Å². The number of hydrogen-bond donors (Lipinski definition) is 0. The molecule has 6 aliphatic rings. The Kier molecular flexibility index (Phi) is 3.34. The summed E-state index contributed by atoms with van der Waals surface area (Å²) < 4.78 is 5.76. The molecule has 140 valence electrons. The second kappa shape index (κ2) is 5.56. The number of likely N-dealkylation sites (tertiary alicyclic amines) is 1. The van der Waals surface area contributed by atoms with Crippen LogP contribution in [0.1, 0.15) is 88.3 Å². The summed E-state index contributed by atoms with van der Waals surface area (Å²) in [6.07, 6.45) is 13.5. The third kappa shape index (κ3) is 2.31. The van der Waals surface area contributed by atoms with Gasteiger partial charge >= 0.3 is 0 Å². The first-order valence-electron chi connectivity index (χ1n) is 10.8. The Morgan fingerprint density at radius 2 is 1.65 bits per heavy atom. The summed E-state index contributed by atoms with van der Waals surface area (Å²) in [5.74, 6) is 4.75. The van der Waals surface area contributed by atoms with Crippen LogP contribution < -0.4 is 0 Å². The Morgan fingerprint density at radius 1 is 1.00 bits per heavy atom. The van der Waals surface area contributed by atoms with Crippen molar-refractivity contribution in [3.8, 4) is 0 Å². The molecule has 5 heteroatoms. The van der Waals surface area contributed by atoms with Gasteiger partial charge in [0.1, 0.15) is 0 Å². The first-order chi connectivity index (χ1) is 12.7. The van der Waals surface area contributed by atoms with Gasteiger partial charge in [0.25, 0.3) is 0 Å². The topological polar surface area (TPSA) is 59.2 Å². The van der Waals surface area contributed by atoms with Gasteiger partial charge in [0.05, 0.1) is 5.92 Å². The number of amides is 1. The third-order valence-corrected chi connectivity index (χ3v) is 8.23. The highest BCUT2D eigenvalue weighted by Gasteiger charge is 2.54. The molecule has 1 aromatic heterocycles. The second-order valence-electron chi connectivity index (χ2n) is 10.0. The van der Waals surface area contributed by atoms with E-state index in [9.17, 15) is 4.79 Å². The van der Waals surface area contributed by atoms with E-state index in [-0.39, 0.29) is 17.2 Å². The first kappa shape index (κ1) is 15.6. The van der Waals surface area contributed by atoms with Crippen LogP contribution >= 0.6 is 0 Å². The van der Waals surface area contributed by atoms with Crippen LogP contribution in [0.5, 0.6) is 0 Å². The minimum absolute atomic E-state index is 0.110. The van der Waals surface area contributed by atoms with Crippen LogP contribution in [0.4, 0.5) is 0 Å². The molecule has 4 bridgehead atoms. The zero-order chi connectivity index (χ0) is 17.3. The maximum atomic E-state index is 12.5. The molecule has 2 heterocycles. The molecule has 1 aromatic rings. The van der Waals surface area contributed by atoms with Gasteiger partial charge in [0, 0.05) is 24.4 Å². The lowest BCUT2D eigenvalue weighted by Crippen LogP contribution is -2.49. The number of hydrogen-bond acceptors (Lipinski definition) is 4. The van der Waals surface area contributed by atoms with Crippen LogP contribution in [0.2, 0.25) is 0 Å². The summed E-state index contributed by atoms with van der Waals surface area (Å²) in [4.78, 5) is 19.5. The lowest BCUT2D eigenvalue weighted by molar-refractivity contribution is -0.129. The summed E-state index contributed by atoms with van der Waals surface area (Å²) in [7, 11) is 0. The Morgan fingerprint density at radius 3 is 2.31 bits per heavy atom. The Hall–Kier alpha value is -1.39. The van der Waals surface area contributed by atoms with Gasteiger partial charge in [-0.25, -0.2) is 0 Å². The van der Waals surface area contributed by atoms with E-state index in [1.165, 1.54) is 64.2 Å². The van der Waals surface area contributed by atoms with Crippen LogP contribution in [0.3, 0.4) is 0 Å². The number of carbonyl (C=O) groups is 1. The normalized spacial score (nSPS) is 42.3. The standard InChI is InChI=1S/C21H29N3O2/c25-18-8-16(12-24(18)17-3-1-2-4-17)19-22-20(23-26-19)21-9-13-5-14(10-21)7-15(6-13)11-21/h13-17H,1-12H2/t13?,14?,15?,16-,21?/m0/s1. The van der Waals surface area contributed by atoms with Crippen molar-refractivity contribution in [1.82, 2.24) is 15.0 Å². The third-order valence-electron chi connectivity index (χ3n) is 8.23. The lowest BCUT2D eigenvalue weighted by Gasteiger charge is -2.55. The molecule has 5 saturated carbocycles. The molecular weight excluding hydrogens is 326 g/mol. The van der Waals surface area contributed by atoms with E-state index < -0.39 is 0 Å². The molecule has 1 saturated heterocycles. The molecule has 0 N–H and O–H groups in total. The van der Waals surface area contributed by atoms with E-state index in [2.05, 4.69) is 10.1 Å². The second-order valence-corrected chi connectivity index (χ2v) is 10.0. The fraction of sp³-hybridized carbons (Fsp3) is 0.857. The predicted octanol–water partition coefficient (Wildman–Crippen LogP) is 3.80. The molecule has 1 aliphatic heterocycles. The van der Waals surface area contributed by atoms with E-state index >= 15 is 0 Å². The van der Waals surface area contributed by atoms with Crippen LogP contribution in [0.25, 0.3) is 0 Å². The highest BCUT2D eigenvalue weighted by molar-refractivity contribution is 5.79.